The zero-order valence-corrected chi connectivity index (χ0v) is 16.1. The molecule has 28 heavy (non-hydrogen) atoms. The third kappa shape index (κ3) is 3.54. The summed E-state index contributed by atoms with van der Waals surface area (Å²) in [5, 5.41) is 4.08. The first-order valence-corrected chi connectivity index (χ1v) is 9.45. The van der Waals surface area contributed by atoms with Crippen LogP contribution < -0.4 is 5.32 Å². The van der Waals surface area contributed by atoms with E-state index in [0.717, 1.165) is 23.1 Å². The van der Waals surface area contributed by atoms with Crippen molar-refractivity contribution in [2.75, 3.05) is 0 Å². The second-order valence-electron chi connectivity index (χ2n) is 7.02. The molecule has 2 aromatic heterocycles. The van der Waals surface area contributed by atoms with Gasteiger partial charge < -0.3 is 9.88 Å². The SMILES string of the molecule is Cc1c(C)n(Cc2ccccc2)c2ccc(C(=O)NCc3ccccn3)cc12. The highest BCUT2D eigenvalue weighted by Gasteiger charge is 2.14. The van der Waals surface area contributed by atoms with Gasteiger partial charge in [-0.15, -0.1) is 0 Å². The van der Waals surface area contributed by atoms with E-state index >= 15 is 0 Å². The van der Waals surface area contributed by atoms with Gasteiger partial charge in [0.2, 0.25) is 0 Å². The van der Waals surface area contributed by atoms with Gasteiger partial charge >= 0.3 is 0 Å². The Morgan fingerprint density at radius 3 is 2.54 bits per heavy atom. The van der Waals surface area contributed by atoms with Gasteiger partial charge in [0, 0.05) is 34.9 Å². The smallest absolute Gasteiger partial charge is 0.251 e. The molecule has 4 rings (SSSR count). The molecule has 1 N–H and O–H groups in total. The van der Waals surface area contributed by atoms with Crippen molar-refractivity contribution in [2.24, 2.45) is 0 Å². The fourth-order valence-electron chi connectivity index (χ4n) is 3.54. The number of carbonyl (C=O) groups excluding carboxylic acids is 1. The summed E-state index contributed by atoms with van der Waals surface area (Å²) in [4.78, 5) is 16.9. The molecular weight excluding hydrogens is 346 g/mol. The van der Waals surface area contributed by atoms with Crippen LogP contribution in [0.1, 0.15) is 32.9 Å². The number of pyridine rings is 1. The molecule has 1 amide bonds. The van der Waals surface area contributed by atoms with Crippen molar-refractivity contribution in [1.82, 2.24) is 14.9 Å². The minimum Gasteiger partial charge on any atom is -0.346 e. The zero-order valence-electron chi connectivity index (χ0n) is 16.1. The maximum Gasteiger partial charge on any atom is 0.251 e. The van der Waals surface area contributed by atoms with Gasteiger partial charge in [-0.25, -0.2) is 0 Å². The Hall–Kier alpha value is -3.40. The van der Waals surface area contributed by atoms with Crippen molar-refractivity contribution >= 4 is 16.8 Å². The van der Waals surface area contributed by atoms with Crippen molar-refractivity contribution < 1.29 is 4.79 Å². The highest BCUT2D eigenvalue weighted by atomic mass is 16.1. The summed E-state index contributed by atoms with van der Waals surface area (Å²) in [6.45, 7) is 5.50. The highest BCUT2D eigenvalue weighted by molar-refractivity contribution is 5.99. The quantitative estimate of drug-likeness (QED) is 0.557. The molecule has 2 aromatic carbocycles. The van der Waals surface area contributed by atoms with Crippen LogP contribution in [0.3, 0.4) is 0 Å². The minimum absolute atomic E-state index is 0.0829. The number of fused-ring (bicyclic) bond motifs is 1. The lowest BCUT2D eigenvalue weighted by atomic mass is 10.1. The number of benzene rings is 2. The van der Waals surface area contributed by atoms with E-state index < -0.39 is 0 Å². The van der Waals surface area contributed by atoms with Crippen LogP contribution in [0.25, 0.3) is 10.9 Å². The van der Waals surface area contributed by atoms with Crippen molar-refractivity contribution in [3.63, 3.8) is 0 Å². The van der Waals surface area contributed by atoms with Crippen LogP contribution in [-0.2, 0) is 13.1 Å². The van der Waals surface area contributed by atoms with Crippen LogP contribution in [0.4, 0.5) is 0 Å². The van der Waals surface area contributed by atoms with E-state index in [1.54, 1.807) is 6.20 Å². The largest absolute Gasteiger partial charge is 0.346 e. The molecule has 0 radical (unpaired) electrons. The molecule has 4 heteroatoms. The topological polar surface area (TPSA) is 46.9 Å². The molecule has 0 saturated carbocycles. The van der Waals surface area contributed by atoms with Gasteiger partial charge in [0.1, 0.15) is 0 Å². The van der Waals surface area contributed by atoms with E-state index in [4.69, 9.17) is 0 Å². The van der Waals surface area contributed by atoms with Crippen molar-refractivity contribution in [1.29, 1.82) is 0 Å². The number of nitrogens with zero attached hydrogens (tertiary/aromatic N) is 2. The van der Waals surface area contributed by atoms with Crippen LogP contribution in [-0.4, -0.2) is 15.5 Å². The van der Waals surface area contributed by atoms with E-state index in [1.165, 1.54) is 16.8 Å². The first kappa shape index (κ1) is 18.0. The monoisotopic (exact) mass is 369 g/mol. The summed E-state index contributed by atoms with van der Waals surface area (Å²) in [6.07, 6.45) is 1.73. The molecule has 0 fully saturated rings. The number of hydrogen-bond acceptors (Lipinski definition) is 2. The summed E-state index contributed by atoms with van der Waals surface area (Å²) in [7, 11) is 0. The van der Waals surface area contributed by atoms with E-state index in [2.05, 4.69) is 53.0 Å². The average molecular weight is 369 g/mol. The molecule has 0 unspecified atom stereocenters. The summed E-state index contributed by atoms with van der Waals surface area (Å²) in [5.41, 5.74) is 6.37. The molecule has 0 aliphatic heterocycles. The lowest BCUT2D eigenvalue weighted by Crippen LogP contribution is -2.23. The average Bonchev–Trinajstić information content (AvgIpc) is 2.98. The molecule has 0 spiro atoms. The molecule has 2 heterocycles. The second kappa shape index (κ2) is 7.69. The Balaban J connectivity index is 1.60. The van der Waals surface area contributed by atoms with E-state index in [1.807, 2.05) is 42.5 Å². The van der Waals surface area contributed by atoms with Crippen LogP contribution in [0, 0.1) is 13.8 Å². The lowest BCUT2D eigenvalue weighted by molar-refractivity contribution is 0.0950. The number of amides is 1. The fraction of sp³-hybridized carbons (Fsp3) is 0.167. The predicted octanol–water partition coefficient (Wildman–Crippen LogP) is 4.63. The van der Waals surface area contributed by atoms with Crippen LogP contribution in [0.2, 0.25) is 0 Å². The number of hydrogen-bond donors (Lipinski definition) is 1. The van der Waals surface area contributed by atoms with Crippen molar-refractivity contribution in [3.8, 4) is 0 Å². The van der Waals surface area contributed by atoms with Gasteiger partial charge in [0.15, 0.2) is 0 Å². The van der Waals surface area contributed by atoms with Crippen LogP contribution in [0.5, 0.6) is 0 Å². The standard InChI is InChI=1S/C24H23N3O/c1-17-18(2)27(16-19-8-4-3-5-9-19)23-12-11-20(14-22(17)23)24(28)26-15-21-10-6-7-13-25-21/h3-14H,15-16H2,1-2H3,(H,26,28). The minimum atomic E-state index is -0.0829. The van der Waals surface area contributed by atoms with Gasteiger partial charge in [-0.2, -0.15) is 0 Å². The van der Waals surface area contributed by atoms with E-state index in [0.29, 0.717) is 12.1 Å². The molecule has 0 aliphatic rings. The Morgan fingerprint density at radius 2 is 1.79 bits per heavy atom. The van der Waals surface area contributed by atoms with E-state index in [-0.39, 0.29) is 5.91 Å². The lowest BCUT2D eigenvalue weighted by Gasteiger charge is -2.09. The van der Waals surface area contributed by atoms with Crippen LogP contribution >= 0.6 is 0 Å². The van der Waals surface area contributed by atoms with Gasteiger partial charge in [-0.05, 0) is 55.3 Å². The van der Waals surface area contributed by atoms with Crippen molar-refractivity contribution in [3.05, 3.63) is 101 Å². The number of aromatic nitrogens is 2. The Morgan fingerprint density at radius 1 is 1.00 bits per heavy atom. The first-order chi connectivity index (χ1) is 13.6. The van der Waals surface area contributed by atoms with Crippen molar-refractivity contribution in [2.45, 2.75) is 26.9 Å². The number of nitrogens with one attached hydrogen (secondary N) is 1. The summed E-state index contributed by atoms with van der Waals surface area (Å²) < 4.78 is 2.32. The number of carbonyl (C=O) groups is 1. The van der Waals surface area contributed by atoms with Crippen LogP contribution in [0.15, 0.2) is 72.9 Å². The predicted molar refractivity (Wildman–Crippen MR) is 112 cm³/mol. The Kier molecular flexibility index (Phi) is 4.94. The fourth-order valence-corrected chi connectivity index (χ4v) is 3.54. The molecule has 0 bridgehead atoms. The van der Waals surface area contributed by atoms with E-state index in [9.17, 15) is 4.79 Å². The maximum absolute atomic E-state index is 12.6. The third-order valence-electron chi connectivity index (χ3n) is 5.24. The molecular formula is C24H23N3O. The molecule has 4 nitrogen and oxygen atoms in total. The number of aryl methyl sites for hydroxylation is 1. The highest BCUT2D eigenvalue weighted by Crippen LogP contribution is 2.27. The van der Waals surface area contributed by atoms with Gasteiger partial charge in [0.25, 0.3) is 5.91 Å². The van der Waals surface area contributed by atoms with Gasteiger partial charge in [0.05, 0.1) is 12.2 Å². The Bertz CT molecular complexity index is 1120. The summed E-state index contributed by atoms with van der Waals surface area (Å²) in [5.74, 6) is -0.0829. The second-order valence-corrected chi connectivity index (χ2v) is 7.02. The third-order valence-corrected chi connectivity index (χ3v) is 5.24. The molecule has 0 aliphatic carbocycles. The molecule has 0 atom stereocenters. The maximum atomic E-state index is 12.6. The summed E-state index contributed by atoms with van der Waals surface area (Å²) >= 11 is 0. The summed E-state index contributed by atoms with van der Waals surface area (Å²) in [6, 6.07) is 22.1. The first-order valence-electron chi connectivity index (χ1n) is 9.45. The molecule has 140 valence electrons. The molecule has 4 aromatic rings. The zero-order chi connectivity index (χ0) is 19.5. The molecule has 0 saturated heterocycles. The van der Waals surface area contributed by atoms with Gasteiger partial charge in [-0.3, -0.25) is 9.78 Å². The number of rotatable bonds is 5. The normalized spacial score (nSPS) is 10.9. The van der Waals surface area contributed by atoms with Gasteiger partial charge in [-0.1, -0.05) is 36.4 Å². The Labute approximate surface area is 164 Å².